The van der Waals surface area contributed by atoms with Crippen molar-refractivity contribution in [2.24, 2.45) is 10.9 Å². The SMILES string of the molecule is CN=C(NCCSC)NCC(CC(C)C)N1CCOCC1. The highest BCUT2D eigenvalue weighted by Gasteiger charge is 2.22. The van der Waals surface area contributed by atoms with Crippen molar-refractivity contribution in [3.8, 4) is 0 Å². The standard InChI is InChI=1S/C15H32N4OS/c1-13(2)11-14(19-6-8-20-9-7-19)12-18-15(16-3)17-5-10-21-4/h13-14H,5-12H2,1-4H3,(H2,16,17,18). The molecule has 0 aromatic carbocycles. The van der Waals surface area contributed by atoms with E-state index in [0.717, 1.165) is 51.1 Å². The van der Waals surface area contributed by atoms with Gasteiger partial charge in [0.05, 0.1) is 13.2 Å². The third-order valence-corrected chi connectivity index (χ3v) is 4.25. The van der Waals surface area contributed by atoms with Crippen LogP contribution in [0.1, 0.15) is 20.3 Å². The summed E-state index contributed by atoms with van der Waals surface area (Å²) in [5.41, 5.74) is 0. The molecule has 6 heteroatoms. The van der Waals surface area contributed by atoms with E-state index < -0.39 is 0 Å². The first-order valence-electron chi connectivity index (χ1n) is 7.92. The molecule has 124 valence electrons. The van der Waals surface area contributed by atoms with Gasteiger partial charge in [-0.05, 0) is 18.6 Å². The minimum Gasteiger partial charge on any atom is -0.379 e. The fourth-order valence-electron chi connectivity index (χ4n) is 2.55. The lowest BCUT2D eigenvalue weighted by molar-refractivity contribution is 0.0132. The van der Waals surface area contributed by atoms with E-state index >= 15 is 0 Å². The summed E-state index contributed by atoms with van der Waals surface area (Å²) in [5, 5.41) is 6.84. The van der Waals surface area contributed by atoms with Crippen molar-refractivity contribution in [3.63, 3.8) is 0 Å². The fourth-order valence-corrected chi connectivity index (χ4v) is 2.86. The monoisotopic (exact) mass is 316 g/mol. The van der Waals surface area contributed by atoms with Crippen molar-refractivity contribution in [1.82, 2.24) is 15.5 Å². The summed E-state index contributed by atoms with van der Waals surface area (Å²) in [4.78, 5) is 6.85. The van der Waals surface area contributed by atoms with Crippen LogP contribution in [0.2, 0.25) is 0 Å². The second-order valence-electron chi connectivity index (χ2n) is 5.80. The lowest BCUT2D eigenvalue weighted by atomic mass is 10.0. The summed E-state index contributed by atoms with van der Waals surface area (Å²) >= 11 is 1.84. The number of hydrogen-bond donors (Lipinski definition) is 2. The maximum Gasteiger partial charge on any atom is 0.191 e. The Kier molecular flexibility index (Phi) is 9.87. The third kappa shape index (κ3) is 7.93. The molecule has 0 bridgehead atoms. The lowest BCUT2D eigenvalue weighted by Crippen LogP contribution is -2.51. The number of nitrogens with one attached hydrogen (secondary N) is 2. The first-order chi connectivity index (χ1) is 10.2. The number of guanidine groups is 1. The zero-order chi connectivity index (χ0) is 15.5. The predicted molar refractivity (Wildman–Crippen MR) is 93.4 cm³/mol. The molecule has 0 amide bonds. The van der Waals surface area contributed by atoms with Gasteiger partial charge in [-0.15, -0.1) is 0 Å². The Morgan fingerprint density at radius 3 is 2.57 bits per heavy atom. The molecule has 1 heterocycles. The van der Waals surface area contributed by atoms with Crippen LogP contribution in [0.25, 0.3) is 0 Å². The van der Waals surface area contributed by atoms with Crippen molar-refractivity contribution < 1.29 is 4.74 Å². The van der Waals surface area contributed by atoms with Crippen LogP contribution < -0.4 is 10.6 Å². The van der Waals surface area contributed by atoms with Crippen LogP contribution in [0.15, 0.2) is 4.99 Å². The Hall–Kier alpha value is -0.460. The summed E-state index contributed by atoms with van der Waals surface area (Å²) < 4.78 is 5.47. The fraction of sp³-hybridized carbons (Fsp3) is 0.933. The molecule has 2 N–H and O–H groups in total. The Morgan fingerprint density at radius 1 is 1.29 bits per heavy atom. The number of rotatable bonds is 8. The summed E-state index contributed by atoms with van der Waals surface area (Å²) in [6, 6.07) is 0.549. The Bertz CT molecular complexity index is 293. The maximum absolute atomic E-state index is 5.47. The smallest absolute Gasteiger partial charge is 0.191 e. The molecular weight excluding hydrogens is 284 g/mol. The lowest BCUT2D eigenvalue weighted by Gasteiger charge is -2.35. The predicted octanol–water partition coefficient (Wildman–Crippen LogP) is 1.26. The van der Waals surface area contributed by atoms with E-state index in [1.165, 1.54) is 6.42 Å². The van der Waals surface area contributed by atoms with Crippen molar-refractivity contribution in [3.05, 3.63) is 0 Å². The molecule has 0 aromatic rings. The maximum atomic E-state index is 5.47. The summed E-state index contributed by atoms with van der Waals surface area (Å²) in [7, 11) is 1.83. The molecule has 1 fully saturated rings. The average Bonchev–Trinajstić information content (AvgIpc) is 2.50. The van der Waals surface area contributed by atoms with Gasteiger partial charge < -0.3 is 15.4 Å². The van der Waals surface area contributed by atoms with Gasteiger partial charge in [0.25, 0.3) is 0 Å². The van der Waals surface area contributed by atoms with E-state index in [1.807, 2.05) is 18.8 Å². The molecule has 1 unspecified atom stereocenters. The summed E-state index contributed by atoms with van der Waals surface area (Å²) in [6.07, 6.45) is 3.32. The minimum absolute atomic E-state index is 0.549. The molecule has 1 aliphatic heterocycles. The van der Waals surface area contributed by atoms with Gasteiger partial charge in [-0.2, -0.15) is 11.8 Å². The summed E-state index contributed by atoms with van der Waals surface area (Å²) in [6.45, 7) is 10.3. The molecule has 0 spiro atoms. The van der Waals surface area contributed by atoms with Gasteiger partial charge in [-0.25, -0.2) is 0 Å². The molecule has 0 saturated carbocycles. The van der Waals surface area contributed by atoms with E-state index in [0.29, 0.717) is 12.0 Å². The minimum atomic E-state index is 0.549. The molecule has 0 aliphatic carbocycles. The van der Waals surface area contributed by atoms with E-state index in [9.17, 15) is 0 Å². The second-order valence-corrected chi connectivity index (χ2v) is 6.79. The number of morpholine rings is 1. The number of nitrogens with zero attached hydrogens (tertiary/aromatic N) is 2. The molecule has 1 atom stereocenters. The van der Waals surface area contributed by atoms with Gasteiger partial charge in [0.2, 0.25) is 0 Å². The zero-order valence-corrected chi connectivity index (χ0v) is 14.8. The molecule has 1 rings (SSSR count). The molecule has 0 aromatic heterocycles. The number of aliphatic imine (C=N–C) groups is 1. The van der Waals surface area contributed by atoms with Gasteiger partial charge in [-0.1, -0.05) is 13.8 Å². The largest absolute Gasteiger partial charge is 0.379 e. The van der Waals surface area contributed by atoms with Crippen molar-refractivity contribution in [1.29, 1.82) is 0 Å². The van der Waals surface area contributed by atoms with E-state index in [4.69, 9.17) is 4.74 Å². The van der Waals surface area contributed by atoms with Crippen LogP contribution in [0.5, 0.6) is 0 Å². The Morgan fingerprint density at radius 2 is 2.00 bits per heavy atom. The second kappa shape index (κ2) is 11.2. The zero-order valence-electron chi connectivity index (χ0n) is 14.0. The van der Waals surface area contributed by atoms with Crippen molar-refractivity contribution in [2.45, 2.75) is 26.3 Å². The van der Waals surface area contributed by atoms with Crippen molar-refractivity contribution >= 4 is 17.7 Å². The van der Waals surface area contributed by atoms with Crippen LogP contribution in [0, 0.1) is 5.92 Å². The average molecular weight is 317 g/mol. The van der Waals surface area contributed by atoms with Crippen LogP contribution in [-0.4, -0.2) is 75.4 Å². The van der Waals surface area contributed by atoms with Gasteiger partial charge >= 0.3 is 0 Å². The number of thioether (sulfide) groups is 1. The van der Waals surface area contributed by atoms with Crippen LogP contribution in [0.3, 0.4) is 0 Å². The Balaban J connectivity index is 2.43. The van der Waals surface area contributed by atoms with Gasteiger partial charge in [0.1, 0.15) is 0 Å². The molecule has 0 radical (unpaired) electrons. The van der Waals surface area contributed by atoms with Gasteiger partial charge in [0, 0.05) is 45.0 Å². The topological polar surface area (TPSA) is 48.9 Å². The van der Waals surface area contributed by atoms with Gasteiger partial charge in [0.15, 0.2) is 5.96 Å². The van der Waals surface area contributed by atoms with Crippen molar-refractivity contribution in [2.75, 3.05) is 58.4 Å². The molecular formula is C15H32N4OS. The normalized spacial score (nSPS) is 18.8. The number of ether oxygens (including phenoxy) is 1. The highest BCUT2D eigenvalue weighted by atomic mass is 32.2. The van der Waals surface area contributed by atoms with E-state index in [2.05, 4.69) is 40.6 Å². The van der Waals surface area contributed by atoms with Crippen LogP contribution >= 0.6 is 11.8 Å². The quantitative estimate of drug-likeness (QED) is 0.401. The third-order valence-electron chi connectivity index (χ3n) is 3.63. The van der Waals surface area contributed by atoms with E-state index in [1.54, 1.807) is 0 Å². The summed E-state index contributed by atoms with van der Waals surface area (Å²) in [5.74, 6) is 2.71. The first-order valence-corrected chi connectivity index (χ1v) is 9.32. The first kappa shape index (κ1) is 18.6. The van der Waals surface area contributed by atoms with Crippen LogP contribution in [-0.2, 0) is 4.74 Å². The Labute approximate surface area is 134 Å². The van der Waals surface area contributed by atoms with E-state index in [-0.39, 0.29) is 0 Å². The van der Waals surface area contributed by atoms with Crippen LogP contribution in [0.4, 0.5) is 0 Å². The molecule has 21 heavy (non-hydrogen) atoms. The highest BCUT2D eigenvalue weighted by molar-refractivity contribution is 7.98. The molecule has 5 nitrogen and oxygen atoms in total. The molecule has 1 saturated heterocycles. The highest BCUT2D eigenvalue weighted by Crippen LogP contribution is 2.12. The number of hydrogen-bond acceptors (Lipinski definition) is 4. The van der Waals surface area contributed by atoms with Gasteiger partial charge in [-0.3, -0.25) is 9.89 Å². The molecule has 1 aliphatic rings.